The van der Waals surface area contributed by atoms with Crippen LogP contribution in [-0.4, -0.2) is 24.2 Å². The summed E-state index contributed by atoms with van der Waals surface area (Å²) in [5.74, 6) is 0. The molecule has 0 spiro atoms. The maximum atomic E-state index is 8.92. The third-order valence-corrected chi connectivity index (χ3v) is 0.623. The molecule has 0 unspecified atom stereocenters. The fourth-order valence-electron chi connectivity index (χ4n) is 0.333. The van der Waals surface area contributed by atoms with Crippen LogP contribution in [-0.2, 0) is 0 Å². The van der Waals surface area contributed by atoms with Crippen LogP contribution >= 0.6 is 0 Å². The van der Waals surface area contributed by atoms with Crippen molar-refractivity contribution in [2.75, 3.05) is 13.0 Å². The van der Waals surface area contributed by atoms with Gasteiger partial charge in [0.25, 0.3) is 0 Å². The number of aliphatic hydroxyl groups excluding tert-OH is 1. The maximum absolute atomic E-state index is 8.92. The molecule has 1 aliphatic heterocycles. The summed E-state index contributed by atoms with van der Waals surface area (Å²) in [6, 6.07) is 0. The molecule has 36 valence electrons. The zero-order valence-corrected chi connectivity index (χ0v) is 3.23. The number of β-amino-alcohol motifs (C(OH)–C–C–N with tert-alkyl or cyclic N) is 1. The maximum Gasteiger partial charge on any atom is 0.0676 e. The highest BCUT2D eigenvalue weighted by Gasteiger charge is 2.08. The minimum absolute atomic E-state index is 0.194. The summed E-state index contributed by atoms with van der Waals surface area (Å²) in [4.78, 5) is 0. The Morgan fingerprint density at radius 1 is 2.00 bits per heavy atom. The molecular weight excluding hydrogens is 78.1 g/mol. The smallest absolute Gasteiger partial charge is 0.0676 e. The molecule has 2 nitrogen and oxygen atoms in total. The molecule has 0 bridgehead atoms. The Labute approximate surface area is 42.8 Å². The largest absolute Gasteiger partial charge is 0.392 e. The van der Waals surface area contributed by atoms with E-state index in [0.29, 0.717) is 0 Å². The fourth-order valence-corrected chi connectivity index (χ4v) is 0.333. The quantitative estimate of drug-likeness (QED) is 0.415. The van der Waals surface area contributed by atoms with E-state index in [1.165, 1.54) is 0 Å². The first kappa shape index (κ1) is 1.46. The van der Waals surface area contributed by atoms with E-state index in [1.54, 1.807) is 0 Å². The first-order valence-electron chi connectivity index (χ1n) is 3.81. The van der Waals surface area contributed by atoms with Crippen molar-refractivity contribution < 1.29 is 10.6 Å². The lowest BCUT2D eigenvalue weighted by Gasteiger charge is -1.90. The van der Waals surface area contributed by atoms with Gasteiger partial charge < -0.3 is 10.4 Å². The minimum Gasteiger partial charge on any atom is -0.392 e. The Hall–Kier alpha value is -0.0800. The van der Waals surface area contributed by atoms with Crippen molar-refractivity contribution in [2.24, 2.45) is 0 Å². The summed E-state index contributed by atoms with van der Waals surface area (Å²) in [6.45, 7) is -3.76. The molecule has 0 aromatic carbocycles. The molecule has 0 saturated carbocycles. The van der Waals surface area contributed by atoms with Gasteiger partial charge in [-0.2, -0.15) is 0 Å². The molecule has 0 amide bonds. The van der Waals surface area contributed by atoms with Gasteiger partial charge in [0.15, 0.2) is 0 Å². The second kappa shape index (κ2) is 1.58. The molecule has 2 heteroatoms. The number of rotatable bonds is 0. The lowest BCUT2D eigenvalue weighted by Crippen LogP contribution is -2.11. The van der Waals surface area contributed by atoms with Crippen molar-refractivity contribution >= 4 is 0 Å². The van der Waals surface area contributed by atoms with Crippen molar-refractivity contribution in [3.05, 3.63) is 0 Å². The van der Waals surface area contributed by atoms with Gasteiger partial charge in [-0.15, -0.1) is 0 Å². The summed E-state index contributed by atoms with van der Waals surface area (Å²) < 4.78 is 28.1. The number of hydrogen-bond donors (Lipinski definition) is 2. The van der Waals surface area contributed by atoms with Crippen molar-refractivity contribution in [3.8, 4) is 0 Å². The molecule has 0 aromatic rings. The van der Waals surface area contributed by atoms with Gasteiger partial charge in [0.05, 0.1) is 6.10 Å². The average molecular weight is 91.1 g/mol. The van der Waals surface area contributed by atoms with Gasteiger partial charge in [0, 0.05) is 12.0 Å². The molecule has 1 heterocycles. The van der Waals surface area contributed by atoms with E-state index in [4.69, 9.17) is 10.6 Å². The number of aliphatic hydroxyl groups is 1. The summed E-state index contributed by atoms with van der Waals surface area (Å²) in [6.07, 6.45) is -1.44. The van der Waals surface area contributed by atoms with Crippen molar-refractivity contribution in [1.82, 2.24) is 5.32 Å². The van der Waals surface area contributed by atoms with Crippen molar-refractivity contribution in [1.29, 1.82) is 0 Å². The fraction of sp³-hybridized carbons (Fsp3) is 1.00. The van der Waals surface area contributed by atoms with E-state index in [-0.39, 0.29) is 6.42 Å². The van der Waals surface area contributed by atoms with Crippen LogP contribution in [0.1, 0.15) is 11.9 Å². The van der Waals surface area contributed by atoms with Gasteiger partial charge in [0.2, 0.25) is 0 Å². The molecule has 1 saturated heterocycles. The Morgan fingerprint density at radius 2 is 2.83 bits per heavy atom. The molecule has 6 heavy (non-hydrogen) atoms. The zero-order chi connectivity index (χ0) is 7.99. The second-order valence-corrected chi connectivity index (χ2v) is 1.17. The van der Waals surface area contributed by atoms with E-state index >= 15 is 0 Å². The summed E-state index contributed by atoms with van der Waals surface area (Å²) in [7, 11) is 0. The van der Waals surface area contributed by atoms with Crippen molar-refractivity contribution in [2.45, 2.75) is 12.5 Å². The van der Waals surface area contributed by atoms with Crippen LogP contribution in [0.4, 0.5) is 0 Å². The van der Waals surface area contributed by atoms with Crippen LogP contribution in [0, 0.1) is 0 Å². The highest BCUT2D eigenvalue weighted by Crippen LogP contribution is 1.93. The molecule has 0 aliphatic carbocycles. The van der Waals surface area contributed by atoms with E-state index in [9.17, 15) is 0 Å². The van der Waals surface area contributed by atoms with Crippen LogP contribution < -0.4 is 5.32 Å². The summed E-state index contributed by atoms with van der Waals surface area (Å²) in [5, 5.41) is 11.0. The summed E-state index contributed by atoms with van der Waals surface area (Å²) in [5.41, 5.74) is 0. The Morgan fingerprint density at radius 3 is 3.00 bits per heavy atom. The molecule has 1 rings (SSSR count). The normalized spacial score (nSPS) is 61.2. The Kier molecular flexibility index (Phi) is 0.383. The number of hydrogen-bond acceptors (Lipinski definition) is 2. The topological polar surface area (TPSA) is 32.3 Å². The van der Waals surface area contributed by atoms with E-state index in [0.717, 1.165) is 0 Å². The van der Waals surface area contributed by atoms with Gasteiger partial charge in [-0.25, -0.2) is 0 Å². The van der Waals surface area contributed by atoms with Gasteiger partial charge in [-0.1, -0.05) is 0 Å². The van der Waals surface area contributed by atoms with Gasteiger partial charge >= 0.3 is 0 Å². The average Bonchev–Trinajstić information content (AvgIpc) is 1.73. The van der Waals surface area contributed by atoms with Crippen LogP contribution in [0.5, 0.6) is 0 Å². The predicted molar refractivity (Wildman–Crippen MR) is 23.5 cm³/mol. The standard InChI is InChI=1S/C4H9NO/c6-4-1-2-5-3-4/h4-6H,1-3H2/t4-/m0/s1/i2D2,3D2. The van der Waals surface area contributed by atoms with Gasteiger partial charge in [-0.3, -0.25) is 0 Å². The highest BCUT2D eigenvalue weighted by molar-refractivity contribution is 4.67. The van der Waals surface area contributed by atoms with Crippen LogP contribution in [0.2, 0.25) is 0 Å². The molecule has 1 atom stereocenters. The zero-order valence-electron chi connectivity index (χ0n) is 7.23. The van der Waals surface area contributed by atoms with Crippen LogP contribution in [0.3, 0.4) is 0 Å². The minimum atomic E-state index is -1.98. The predicted octanol–water partition coefficient (Wildman–Crippen LogP) is -0.659. The molecular formula is C4H9NO. The molecule has 2 N–H and O–H groups in total. The van der Waals surface area contributed by atoms with Crippen LogP contribution in [0.15, 0.2) is 0 Å². The third-order valence-electron chi connectivity index (χ3n) is 0.623. The van der Waals surface area contributed by atoms with Gasteiger partial charge in [0.1, 0.15) is 0 Å². The SMILES string of the molecule is [2H]C1([2H])C[C@H](O)C([2H])([2H])N1. The first-order chi connectivity index (χ1) is 4.33. The molecule has 0 radical (unpaired) electrons. The monoisotopic (exact) mass is 91.1 g/mol. The second-order valence-electron chi connectivity index (χ2n) is 1.17. The van der Waals surface area contributed by atoms with Crippen molar-refractivity contribution in [3.63, 3.8) is 0 Å². The lowest BCUT2D eigenvalue weighted by atomic mass is 10.3. The lowest BCUT2D eigenvalue weighted by molar-refractivity contribution is 0.196. The first-order valence-corrected chi connectivity index (χ1v) is 1.81. The highest BCUT2D eigenvalue weighted by atomic mass is 16.3. The molecule has 1 aliphatic rings. The van der Waals surface area contributed by atoms with E-state index in [1.807, 2.05) is 5.32 Å². The number of nitrogens with one attached hydrogen (secondary N) is 1. The van der Waals surface area contributed by atoms with Crippen LogP contribution in [0.25, 0.3) is 0 Å². The molecule has 0 aromatic heterocycles. The summed E-state index contributed by atoms with van der Waals surface area (Å²) >= 11 is 0. The molecule has 1 fully saturated rings. The third kappa shape index (κ3) is 0.698. The van der Waals surface area contributed by atoms with Gasteiger partial charge in [-0.05, 0) is 12.9 Å². The van der Waals surface area contributed by atoms with E-state index in [2.05, 4.69) is 0 Å². The Bertz CT molecular complexity index is 148. The Balaban J connectivity index is 2.71. The van der Waals surface area contributed by atoms with E-state index < -0.39 is 19.1 Å².